The van der Waals surface area contributed by atoms with Crippen LogP contribution in [-0.4, -0.2) is 0 Å². The summed E-state index contributed by atoms with van der Waals surface area (Å²) in [7, 11) is 0. The molecule has 0 aliphatic rings. The topological polar surface area (TPSA) is 9.23 Å². The summed E-state index contributed by atoms with van der Waals surface area (Å²) < 4.78 is 6.67. The summed E-state index contributed by atoms with van der Waals surface area (Å²) in [5.74, 6) is 1.74. The van der Waals surface area contributed by atoms with Gasteiger partial charge in [0.1, 0.15) is 11.5 Å². The smallest absolute Gasteiger partial charge is 0.143 e. The molecule has 7 aromatic carbocycles. The normalized spacial score (nSPS) is 11.4. The molecule has 0 spiro atoms. The van der Waals surface area contributed by atoms with Gasteiger partial charge in [0.05, 0.1) is 0 Å². The minimum Gasteiger partial charge on any atom is -0.456 e. The Kier molecular flexibility index (Phi) is 4.53. The molecule has 0 unspecified atom stereocenters. The fourth-order valence-corrected chi connectivity index (χ4v) is 5.20. The second kappa shape index (κ2) is 8.00. The molecule has 7 rings (SSSR count). The summed E-state index contributed by atoms with van der Waals surface area (Å²) in [5.41, 5.74) is 2.46. The summed E-state index contributed by atoms with van der Waals surface area (Å²) in [6.07, 6.45) is 0. The van der Waals surface area contributed by atoms with E-state index in [0.29, 0.717) is 0 Å². The van der Waals surface area contributed by atoms with E-state index in [4.69, 9.17) is 4.74 Å². The van der Waals surface area contributed by atoms with Crippen molar-refractivity contribution in [2.45, 2.75) is 0 Å². The summed E-state index contributed by atoms with van der Waals surface area (Å²) in [6.45, 7) is 0. The van der Waals surface area contributed by atoms with Crippen LogP contribution in [-0.2, 0) is 0 Å². The predicted octanol–water partition coefficient (Wildman–Crippen LogP) is 9.76. The Morgan fingerprint density at radius 1 is 0.371 bits per heavy atom. The molecule has 0 aromatic heterocycles. The first-order chi connectivity index (χ1) is 17.3. The molecule has 0 aliphatic heterocycles. The molecular formula is C34H22O. The van der Waals surface area contributed by atoms with Gasteiger partial charge in [-0.05, 0) is 61.6 Å². The lowest BCUT2D eigenvalue weighted by Crippen LogP contribution is -1.92. The number of hydrogen-bond acceptors (Lipinski definition) is 1. The highest BCUT2D eigenvalue weighted by molar-refractivity contribution is 6.17. The van der Waals surface area contributed by atoms with Gasteiger partial charge in [0.2, 0.25) is 0 Å². The number of benzene rings is 7. The van der Waals surface area contributed by atoms with E-state index in [1.165, 1.54) is 43.4 Å². The van der Waals surface area contributed by atoms with Crippen LogP contribution in [0.1, 0.15) is 0 Å². The van der Waals surface area contributed by atoms with E-state index >= 15 is 0 Å². The zero-order valence-corrected chi connectivity index (χ0v) is 19.1. The first-order valence-corrected chi connectivity index (χ1v) is 11.9. The first-order valence-electron chi connectivity index (χ1n) is 11.9. The minimum atomic E-state index is 0.845. The van der Waals surface area contributed by atoms with Gasteiger partial charge in [0, 0.05) is 10.8 Å². The molecule has 0 amide bonds. The largest absolute Gasteiger partial charge is 0.456 e. The zero-order valence-electron chi connectivity index (χ0n) is 19.1. The van der Waals surface area contributed by atoms with Crippen molar-refractivity contribution >= 4 is 43.1 Å². The highest BCUT2D eigenvalue weighted by atomic mass is 16.5. The van der Waals surface area contributed by atoms with Crippen LogP contribution >= 0.6 is 0 Å². The van der Waals surface area contributed by atoms with E-state index in [-0.39, 0.29) is 0 Å². The van der Waals surface area contributed by atoms with E-state index in [2.05, 4.69) is 133 Å². The quantitative estimate of drug-likeness (QED) is 0.245. The van der Waals surface area contributed by atoms with Crippen LogP contribution < -0.4 is 4.74 Å². The third kappa shape index (κ3) is 3.33. The van der Waals surface area contributed by atoms with Crippen molar-refractivity contribution < 1.29 is 4.74 Å². The van der Waals surface area contributed by atoms with Crippen LogP contribution in [0.3, 0.4) is 0 Å². The fraction of sp³-hybridized carbons (Fsp3) is 0. The average Bonchev–Trinajstić information content (AvgIpc) is 2.93. The molecule has 0 saturated carbocycles. The van der Waals surface area contributed by atoms with Gasteiger partial charge in [-0.3, -0.25) is 0 Å². The van der Waals surface area contributed by atoms with Crippen LogP contribution in [0.15, 0.2) is 133 Å². The summed E-state index contributed by atoms with van der Waals surface area (Å²) in [5, 5.41) is 9.49. The number of fused-ring (bicyclic) bond motifs is 4. The zero-order chi connectivity index (χ0) is 23.2. The van der Waals surface area contributed by atoms with Crippen LogP contribution in [0.2, 0.25) is 0 Å². The Balaban J connectivity index is 1.50. The van der Waals surface area contributed by atoms with Crippen molar-refractivity contribution in [3.8, 4) is 22.6 Å². The Labute approximate surface area is 203 Å². The maximum Gasteiger partial charge on any atom is 0.143 e. The molecule has 1 heteroatoms. The summed E-state index contributed by atoms with van der Waals surface area (Å²) in [4.78, 5) is 0. The van der Waals surface area contributed by atoms with Crippen molar-refractivity contribution in [1.29, 1.82) is 0 Å². The fourth-order valence-electron chi connectivity index (χ4n) is 5.20. The molecule has 164 valence electrons. The summed E-state index contributed by atoms with van der Waals surface area (Å²) >= 11 is 0. The molecular weight excluding hydrogens is 424 g/mol. The van der Waals surface area contributed by atoms with Gasteiger partial charge >= 0.3 is 0 Å². The van der Waals surface area contributed by atoms with Crippen LogP contribution in [0, 0.1) is 0 Å². The van der Waals surface area contributed by atoms with Gasteiger partial charge in [0.25, 0.3) is 0 Å². The molecule has 1 nitrogen and oxygen atoms in total. The molecule has 0 aliphatic carbocycles. The number of hydrogen-bond donors (Lipinski definition) is 0. The van der Waals surface area contributed by atoms with E-state index in [1.54, 1.807) is 0 Å². The number of rotatable bonds is 3. The lowest BCUT2D eigenvalue weighted by Gasteiger charge is -2.18. The standard InChI is InChI=1S/C34H22O/c1-3-11-25-21-27(18-17-23(25)9-1)33-29-13-5-7-15-31(29)34(32-16-8-6-14-30(32)33)35-28-20-19-24-10-2-4-12-26(24)22-28/h1-22H. The van der Waals surface area contributed by atoms with E-state index in [1.807, 2.05) is 0 Å². The van der Waals surface area contributed by atoms with E-state index < -0.39 is 0 Å². The highest BCUT2D eigenvalue weighted by Gasteiger charge is 2.17. The van der Waals surface area contributed by atoms with Crippen LogP contribution in [0.25, 0.3) is 54.2 Å². The van der Waals surface area contributed by atoms with Gasteiger partial charge in [-0.1, -0.05) is 115 Å². The second-order valence-electron chi connectivity index (χ2n) is 8.97. The van der Waals surface area contributed by atoms with E-state index in [0.717, 1.165) is 22.3 Å². The lowest BCUT2D eigenvalue weighted by atomic mass is 9.90. The Hall–Kier alpha value is -4.62. The Morgan fingerprint density at radius 3 is 1.49 bits per heavy atom. The molecule has 35 heavy (non-hydrogen) atoms. The predicted molar refractivity (Wildman–Crippen MR) is 148 cm³/mol. The van der Waals surface area contributed by atoms with Crippen molar-refractivity contribution in [2.24, 2.45) is 0 Å². The summed E-state index contributed by atoms with van der Waals surface area (Å²) in [6, 6.07) is 47.1. The highest BCUT2D eigenvalue weighted by Crippen LogP contribution is 2.45. The second-order valence-corrected chi connectivity index (χ2v) is 8.97. The van der Waals surface area contributed by atoms with Crippen molar-refractivity contribution in [3.05, 3.63) is 133 Å². The third-order valence-corrected chi connectivity index (χ3v) is 6.86. The molecule has 0 radical (unpaired) electrons. The van der Waals surface area contributed by atoms with Gasteiger partial charge in [-0.25, -0.2) is 0 Å². The van der Waals surface area contributed by atoms with Gasteiger partial charge < -0.3 is 4.74 Å². The van der Waals surface area contributed by atoms with Gasteiger partial charge in [0.15, 0.2) is 0 Å². The SMILES string of the molecule is c1ccc2cc(Oc3c4ccccc4c(-c4ccc5ccccc5c4)c4ccccc34)ccc2c1. The molecule has 0 heterocycles. The molecule has 0 saturated heterocycles. The maximum atomic E-state index is 6.67. The van der Waals surface area contributed by atoms with Crippen molar-refractivity contribution in [3.63, 3.8) is 0 Å². The molecule has 0 fully saturated rings. The van der Waals surface area contributed by atoms with Crippen LogP contribution in [0.4, 0.5) is 0 Å². The minimum absolute atomic E-state index is 0.845. The molecule has 0 atom stereocenters. The monoisotopic (exact) mass is 446 g/mol. The maximum absolute atomic E-state index is 6.67. The molecule has 0 bridgehead atoms. The first kappa shape index (κ1) is 19.8. The van der Waals surface area contributed by atoms with Crippen LogP contribution in [0.5, 0.6) is 11.5 Å². The van der Waals surface area contributed by atoms with Gasteiger partial charge in [-0.2, -0.15) is 0 Å². The molecule has 7 aromatic rings. The van der Waals surface area contributed by atoms with E-state index in [9.17, 15) is 0 Å². The molecule has 0 N–H and O–H groups in total. The average molecular weight is 447 g/mol. The van der Waals surface area contributed by atoms with Crippen molar-refractivity contribution in [2.75, 3.05) is 0 Å². The Bertz CT molecular complexity index is 1820. The third-order valence-electron chi connectivity index (χ3n) is 6.86. The Morgan fingerprint density at radius 2 is 0.857 bits per heavy atom. The van der Waals surface area contributed by atoms with Crippen molar-refractivity contribution in [1.82, 2.24) is 0 Å². The van der Waals surface area contributed by atoms with Gasteiger partial charge in [-0.15, -0.1) is 0 Å². The number of ether oxygens (including phenoxy) is 1. The lowest BCUT2D eigenvalue weighted by molar-refractivity contribution is 0.494.